The summed E-state index contributed by atoms with van der Waals surface area (Å²) < 4.78 is 40.6. The summed E-state index contributed by atoms with van der Waals surface area (Å²) in [5.74, 6) is -0.622. The molecule has 4 amide bonds. The molecule has 49 heavy (non-hydrogen) atoms. The van der Waals surface area contributed by atoms with E-state index in [0.717, 1.165) is 30.2 Å². The number of sulfonamides is 1. The van der Waals surface area contributed by atoms with Crippen LogP contribution < -0.4 is 24.8 Å². The molecule has 2 aliphatic carbocycles. The summed E-state index contributed by atoms with van der Waals surface area (Å²) in [7, 11) is 1.12. The Kier molecular flexibility index (Phi) is 9.31. The monoisotopic (exact) mass is 693 g/mol. The van der Waals surface area contributed by atoms with Crippen LogP contribution in [0.25, 0.3) is 22.2 Å². The lowest BCUT2D eigenvalue weighted by atomic mass is 10.1. The van der Waals surface area contributed by atoms with Crippen LogP contribution in [0.2, 0.25) is 0 Å². The van der Waals surface area contributed by atoms with Crippen LogP contribution in [-0.4, -0.2) is 89.6 Å². The number of ether oxygens (including phenoxy) is 2. The molecule has 0 spiro atoms. The zero-order valence-corrected chi connectivity index (χ0v) is 29.0. The number of pyridine rings is 1. The van der Waals surface area contributed by atoms with Gasteiger partial charge in [0.25, 0.3) is 5.91 Å². The Balaban J connectivity index is 1.25. The summed E-state index contributed by atoms with van der Waals surface area (Å²) >= 11 is 0. The zero-order valence-electron chi connectivity index (χ0n) is 28.2. The number of hydrogen-bond donors (Lipinski definition) is 3. The van der Waals surface area contributed by atoms with E-state index < -0.39 is 44.2 Å². The fourth-order valence-electron chi connectivity index (χ4n) is 5.98. The SMILES string of the molecule is COc1ccc2c(OCC[C@@H]3NC(=O)N(C)CCCC/C=C\[C@@H]4C[C@@]4(C(=O)NS(=O)(=O)C4(C)CC4)NC3=O)cc(-c3cnn(C)c3)nc2c1. The van der Waals surface area contributed by atoms with Gasteiger partial charge in [0.05, 0.1) is 35.9 Å². The van der Waals surface area contributed by atoms with Gasteiger partial charge in [0.15, 0.2) is 0 Å². The van der Waals surface area contributed by atoms with Crippen LogP contribution >= 0.6 is 0 Å². The standard InChI is InChI=1S/C34H43N7O7S/c1-33(13-14-33)49(45,46)39-31(43)34-19-23(34)9-7-5-6-8-15-40(2)32(44)37-26(30(42)38-34)12-16-48-29-18-27(22-20-35-41(3)21-22)36-28-17-24(47-4)10-11-25(28)29/h7,9-11,17-18,20-21,23,26H,5-6,8,12-16,19H2,1-4H3,(H,37,44)(H,38,42)(H,39,43)/b9-7-/t23-,26+,34-/m1/s1. The number of fused-ring (bicyclic) bond motifs is 2. The summed E-state index contributed by atoms with van der Waals surface area (Å²) in [6.45, 7) is 2.12. The molecule has 0 unspecified atom stereocenters. The number of carbonyl (C=O) groups excluding carboxylic acids is 3. The number of amides is 4. The molecule has 2 aromatic heterocycles. The Bertz CT molecular complexity index is 1910. The van der Waals surface area contributed by atoms with Gasteiger partial charge in [-0.1, -0.05) is 12.2 Å². The predicted octanol–water partition coefficient (Wildman–Crippen LogP) is 3.04. The van der Waals surface area contributed by atoms with E-state index in [1.165, 1.54) is 4.90 Å². The first-order valence-corrected chi connectivity index (χ1v) is 18.0. The summed E-state index contributed by atoms with van der Waals surface area (Å²) in [5, 5.41) is 10.6. The molecule has 3 N–H and O–H groups in total. The Hall–Kier alpha value is -4.66. The van der Waals surface area contributed by atoms with Crippen molar-refractivity contribution in [1.29, 1.82) is 0 Å². The molecule has 3 aromatic rings. The number of aryl methyl sites for hydroxylation is 1. The maximum absolute atomic E-state index is 13.9. The minimum Gasteiger partial charge on any atom is -0.497 e. The van der Waals surface area contributed by atoms with Crippen LogP contribution in [0.3, 0.4) is 0 Å². The molecular formula is C34H43N7O7S. The highest BCUT2D eigenvalue weighted by molar-refractivity contribution is 7.91. The molecule has 0 bridgehead atoms. The van der Waals surface area contributed by atoms with Crippen molar-refractivity contribution in [3.63, 3.8) is 0 Å². The number of nitrogens with one attached hydrogen (secondary N) is 3. The first-order valence-electron chi connectivity index (χ1n) is 16.5. The Morgan fingerprint density at radius 3 is 2.67 bits per heavy atom. The average Bonchev–Trinajstić information content (AvgIpc) is 3.95. The van der Waals surface area contributed by atoms with E-state index in [2.05, 4.69) is 20.5 Å². The van der Waals surface area contributed by atoms with Crippen molar-refractivity contribution in [1.82, 2.24) is 35.0 Å². The lowest BCUT2D eigenvalue weighted by Crippen LogP contribution is -2.58. The molecule has 3 atom stereocenters. The molecule has 3 heterocycles. The second-order valence-electron chi connectivity index (χ2n) is 13.4. The van der Waals surface area contributed by atoms with Crippen LogP contribution in [0, 0.1) is 5.92 Å². The topological polar surface area (TPSA) is 174 Å². The van der Waals surface area contributed by atoms with Gasteiger partial charge in [-0.2, -0.15) is 5.10 Å². The molecule has 262 valence electrons. The molecule has 0 radical (unpaired) electrons. The van der Waals surface area contributed by atoms with Gasteiger partial charge in [0.2, 0.25) is 15.9 Å². The second-order valence-corrected chi connectivity index (χ2v) is 15.6. The summed E-state index contributed by atoms with van der Waals surface area (Å²) in [4.78, 5) is 47.1. The van der Waals surface area contributed by atoms with Crippen LogP contribution in [0.5, 0.6) is 11.5 Å². The lowest BCUT2D eigenvalue weighted by Gasteiger charge is -2.26. The minimum atomic E-state index is -3.93. The average molecular weight is 694 g/mol. The molecule has 3 aliphatic rings. The number of nitrogens with zero attached hydrogens (tertiary/aromatic N) is 4. The molecule has 2 fully saturated rings. The number of rotatable bonds is 9. The molecule has 0 saturated heterocycles. The van der Waals surface area contributed by atoms with Crippen LogP contribution in [0.15, 0.2) is 48.8 Å². The molecular weight excluding hydrogens is 650 g/mol. The number of benzene rings is 1. The van der Waals surface area contributed by atoms with Gasteiger partial charge in [-0.25, -0.2) is 18.2 Å². The largest absolute Gasteiger partial charge is 0.497 e. The Morgan fingerprint density at radius 2 is 1.96 bits per heavy atom. The van der Waals surface area contributed by atoms with Crippen molar-refractivity contribution in [2.45, 2.75) is 68.2 Å². The van der Waals surface area contributed by atoms with Gasteiger partial charge in [-0.3, -0.25) is 19.0 Å². The van der Waals surface area contributed by atoms with Gasteiger partial charge >= 0.3 is 6.03 Å². The maximum atomic E-state index is 13.9. The van der Waals surface area contributed by atoms with Crippen LogP contribution in [-0.2, 0) is 26.7 Å². The van der Waals surface area contributed by atoms with Crippen molar-refractivity contribution in [2.75, 3.05) is 27.3 Å². The second kappa shape index (κ2) is 13.3. The summed E-state index contributed by atoms with van der Waals surface area (Å²) in [6, 6.07) is 5.72. The molecule has 14 nitrogen and oxygen atoms in total. The summed E-state index contributed by atoms with van der Waals surface area (Å²) in [6.07, 6.45) is 10.9. The van der Waals surface area contributed by atoms with E-state index in [1.807, 2.05) is 31.5 Å². The molecule has 2 saturated carbocycles. The van der Waals surface area contributed by atoms with Gasteiger partial charge in [-0.05, 0) is 57.6 Å². The van der Waals surface area contributed by atoms with Crippen molar-refractivity contribution in [2.24, 2.45) is 13.0 Å². The van der Waals surface area contributed by atoms with E-state index in [1.54, 1.807) is 50.2 Å². The number of hydrogen-bond acceptors (Lipinski definition) is 9. The Morgan fingerprint density at radius 1 is 1.16 bits per heavy atom. The van der Waals surface area contributed by atoms with E-state index in [9.17, 15) is 22.8 Å². The normalized spacial score (nSPS) is 24.5. The van der Waals surface area contributed by atoms with Crippen molar-refractivity contribution < 1.29 is 32.3 Å². The highest BCUT2D eigenvalue weighted by Crippen LogP contribution is 2.47. The van der Waals surface area contributed by atoms with Gasteiger partial charge < -0.3 is 25.0 Å². The van der Waals surface area contributed by atoms with Crippen molar-refractivity contribution >= 4 is 38.8 Å². The van der Waals surface area contributed by atoms with E-state index >= 15 is 0 Å². The smallest absolute Gasteiger partial charge is 0.317 e. The first-order chi connectivity index (χ1) is 23.3. The zero-order chi connectivity index (χ0) is 35.0. The number of methoxy groups -OCH3 is 1. The third-order valence-electron chi connectivity index (χ3n) is 9.68. The Labute approximate surface area is 285 Å². The van der Waals surface area contributed by atoms with E-state index in [0.29, 0.717) is 42.1 Å². The first kappa shape index (κ1) is 34.2. The minimum absolute atomic E-state index is 0.0228. The number of urea groups is 1. The highest BCUT2D eigenvalue weighted by atomic mass is 32.2. The predicted molar refractivity (Wildman–Crippen MR) is 182 cm³/mol. The molecule has 15 heteroatoms. The van der Waals surface area contributed by atoms with Gasteiger partial charge in [0.1, 0.15) is 23.1 Å². The van der Waals surface area contributed by atoms with Gasteiger partial charge in [-0.15, -0.1) is 0 Å². The molecule has 1 aromatic carbocycles. The fraction of sp³-hybridized carbons (Fsp3) is 0.500. The van der Waals surface area contributed by atoms with Gasteiger partial charge in [0, 0.05) is 62.3 Å². The highest BCUT2D eigenvalue weighted by Gasteiger charge is 2.62. The number of aromatic nitrogens is 3. The van der Waals surface area contributed by atoms with E-state index in [-0.39, 0.29) is 25.4 Å². The maximum Gasteiger partial charge on any atom is 0.317 e. The molecule has 1 aliphatic heterocycles. The number of carbonyl (C=O) groups is 3. The van der Waals surface area contributed by atoms with Crippen molar-refractivity contribution in [3.05, 3.63) is 48.8 Å². The van der Waals surface area contributed by atoms with Crippen LogP contribution in [0.1, 0.15) is 51.9 Å². The lowest BCUT2D eigenvalue weighted by molar-refractivity contribution is -0.130. The van der Waals surface area contributed by atoms with Crippen LogP contribution in [0.4, 0.5) is 4.79 Å². The summed E-state index contributed by atoms with van der Waals surface area (Å²) in [5.41, 5.74) is 0.597. The van der Waals surface area contributed by atoms with Crippen molar-refractivity contribution in [3.8, 4) is 22.8 Å². The fourth-order valence-corrected chi connectivity index (χ4v) is 7.29. The third kappa shape index (κ3) is 7.21. The number of allylic oxidation sites excluding steroid dienone is 1. The quantitative estimate of drug-likeness (QED) is 0.285. The third-order valence-corrected chi connectivity index (χ3v) is 11.8. The van der Waals surface area contributed by atoms with E-state index in [4.69, 9.17) is 14.5 Å². The molecule has 6 rings (SSSR count).